The van der Waals surface area contributed by atoms with E-state index in [1.807, 2.05) is 0 Å². The summed E-state index contributed by atoms with van der Waals surface area (Å²) in [5.41, 5.74) is 11.4. The summed E-state index contributed by atoms with van der Waals surface area (Å²) in [7, 11) is 0. The zero-order valence-electron chi connectivity index (χ0n) is 14.5. The Morgan fingerprint density at radius 1 is 1.29 bits per heavy atom. The lowest BCUT2D eigenvalue weighted by Crippen LogP contribution is -2.54. The van der Waals surface area contributed by atoms with Gasteiger partial charge in [-0.2, -0.15) is 0 Å². The molecular formula is C16H30N4O4. The van der Waals surface area contributed by atoms with Crippen molar-refractivity contribution >= 4 is 17.8 Å². The fourth-order valence-electron chi connectivity index (χ4n) is 2.91. The van der Waals surface area contributed by atoms with Crippen LogP contribution >= 0.6 is 0 Å². The third-order valence-corrected chi connectivity index (χ3v) is 4.36. The second-order valence-electron chi connectivity index (χ2n) is 6.65. The molecule has 8 heteroatoms. The van der Waals surface area contributed by atoms with E-state index in [1.165, 1.54) is 4.90 Å². The highest BCUT2D eigenvalue weighted by atomic mass is 16.4. The summed E-state index contributed by atoms with van der Waals surface area (Å²) in [5, 5.41) is 11.7. The van der Waals surface area contributed by atoms with E-state index in [-0.39, 0.29) is 11.8 Å². The van der Waals surface area contributed by atoms with Crippen LogP contribution in [0, 0.1) is 5.92 Å². The number of hydrogen-bond donors (Lipinski definition) is 4. The highest BCUT2D eigenvalue weighted by Gasteiger charge is 2.37. The van der Waals surface area contributed by atoms with E-state index < -0.39 is 30.0 Å². The standard InChI is InChI=1S/C16H30N4O4/c1-10(2)13(16(23)24)19-14(21)12-7-5-9-20(12)15(22)11(18)6-3-4-8-17/h10-13H,3-9,17-18H2,1-2H3,(H,19,21)(H,23,24). The molecule has 0 aromatic rings. The molecule has 3 atom stereocenters. The highest BCUT2D eigenvalue weighted by molar-refractivity contribution is 5.92. The van der Waals surface area contributed by atoms with Crippen molar-refractivity contribution in [3.05, 3.63) is 0 Å². The molecule has 0 saturated carbocycles. The van der Waals surface area contributed by atoms with Crippen LogP contribution in [0.4, 0.5) is 0 Å². The van der Waals surface area contributed by atoms with Crippen molar-refractivity contribution in [2.75, 3.05) is 13.1 Å². The fraction of sp³-hybridized carbons (Fsp3) is 0.812. The molecule has 1 aliphatic rings. The van der Waals surface area contributed by atoms with Gasteiger partial charge >= 0.3 is 5.97 Å². The maximum absolute atomic E-state index is 12.5. The average Bonchev–Trinajstić information content (AvgIpc) is 3.00. The molecule has 8 nitrogen and oxygen atoms in total. The van der Waals surface area contributed by atoms with Crippen molar-refractivity contribution in [2.24, 2.45) is 17.4 Å². The van der Waals surface area contributed by atoms with E-state index in [4.69, 9.17) is 11.5 Å². The minimum Gasteiger partial charge on any atom is -0.480 e. The van der Waals surface area contributed by atoms with Gasteiger partial charge in [0, 0.05) is 6.54 Å². The number of aliphatic carboxylic acids is 1. The van der Waals surface area contributed by atoms with Gasteiger partial charge in [-0.05, 0) is 38.1 Å². The van der Waals surface area contributed by atoms with Crippen molar-refractivity contribution < 1.29 is 19.5 Å². The average molecular weight is 342 g/mol. The number of carboxylic acids is 1. The lowest BCUT2D eigenvalue weighted by molar-refractivity contribution is -0.145. The largest absolute Gasteiger partial charge is 0.480 e. The summed E-state index contributed by atoms with van der Waals surface area (Å²) in [6.07, 6.45) is 3.34. The van der Waals surface area contributed by atoms with E-state index in [9.17, 15) is 19.5 Å². The predicted molar refractivity (Wildman–Crippen MR) is 90.0 cm³/mol. The smallest absolute Gasteiger partial charge is 0.326 e. The lowest BCUT2D eigenvalue weighted by Gasteiger charge is -2.28. The molecule has 0 aromatic carbocycles. The van der Waals surface area contributed by atoms with E-state index in [0.717, 1.165) is 12.8 Å². The molecule has 24 heavy (non-hydrogen) atoms. The van der Waals surface area contributed by atoms with Gasteiger partial charge in [0.15, 0.2) is 0 Å². The minimum atomic E-state index is -1.08. The normalized spacial score (nSPS) is 20.0. The Hall–Kier alpha value is -1.67. The second-order valence-corrected chi connectivity index (χ2v) is 6.65. The van der Waals surface area contributed by atoms with Crippen LogP contribution in [-0.2, 0) is 14.4 Å². The maximum Gasteiger partial charge on any atom is 0.326 e. The Bertz CT molecular complexity index is 455. The monoisotopic (exact) mass is 342 g/mol. The number of amides is 2. The summed E-state index contributed by atoms with van der Waals surface area (Å²) >= 11 is 0. The van der Waals surface area contributed by atoms with Crippen LogP contribution in [0.25, 0.3) is 0 Å². The number of nitrogens with zero attached hydrogens (tertiary/aromatic N) is 1. The van der Waals surface area contributed by atoms with Crippen molar-refractivity contribution in [3.8, 4) is 0 Å². The number of carboxylic acid groups (broad SMARTS) is 1. The molecule has 0 aromatic heterocycles. The highest BCUT2D eigenvalue weighted by Crippen LogP contribution is 2.20. The number of hydrogen-bond acceptors (Lipinski definition) is 5. The Morgan fingerprint density at radius 3 is 2.50 bits per heavy atom. The molecule has 3 unspecified atom stereocenters. The van der Waals surface area contributed by atoms with E-state index in [0.29, 0.717) is 32.4 Å². The molecule has 0 spiro atoms. The molecule has 1 rings (SSSR count). The third kappa shape index (κ3) is 5.45. The SMILES string of the molecule is CC(C)C(NC(=O)C1CCCN1C(=O)C(N)CCCCN)C(=O)O. The summed E-state index contributed by atoms with van der Waals surface area (Å²) in [6.45, 7) is 4.48. The Labute approximate surface area is 142 Å². The Kier molecular flexibility index (Phi) is 8.14. The van der Waals surface area contributed by atoms with Crippen LogP contribution in [0.5, 0.6) is 0 Å². The first-order chi connectivity index (χ1) is 11.3. The first-order valence-electron chi connectivity index (χ1n) is 8.58. The first-order valence-corrected chi connectivity index (χ1v) is 8.58. The van der Waals surface area contributed by atoms with Gasteiger partial charge in [-0.25, -0.2) is 4.79 Å². The van der Waals surface area contributed by atoms with Crippen LogP contribution in [0.1, 0.15) is 46.0 Å². The maximum atomic E-state index is 12.5. The van der Waals surface area contributed by atoms with Gasteiger partial charge in [-0.3, -0.25) is 9.59 Å². The number of nitrogens with one attached hydrogen (secondary N) is 1. The molecule has 6 N–H and O–H groups in total. The first kappa shape index (κ1) is 20.4. The fourth-order valence-corrected chi connectivity index (χ4v) is 2.91. The molecule has 1 heterocycles. The number of unbranched alkanes of at least 4 members (excludes halogenated alkanes) is 1. The van der Waals surface area contributed by atoms with E-state index in [1.54, 1.807) is 13.8 Å². The van der Waals surface area contributed by atoms with Crippen LogP contribution in [0.15, 0.2) is 0 Å². The van der Waals surface area contributed by atoms with Gasteiger partial charge in [-0.1, -0.05) is 20.3 Å². The number of carbonyl (C=O) groups is 3. The summed E-state index contributed by atoms with van der Waals surface area (Å²) in [5.74, 6) is -1.99. The van der Waals surface area contributed by atoms with Crippen molar-refractivity contribution in [1.29, 1.82) is 0 Å². The van der Waals surface area contributed by atoms with Gasteiger partial charge in [0.25, 0.3) is 0 Å². The Morgan fingerprint density at radius 2 is 1.96 bits per heavy atom. The molecule has 1 saturated heterocycles. The zero-order chi connectivity index (χ0) is 18.3. The van der Waals surface area contributed by atoms with Gasteiger partial charge < -0.3 is 26.8 Å². The van der Waals surface area contributed by atoms with Crippen LogP contribution in [-0.4, -0.2) is 59.0 Å². The van der Waals surface area contributed by atoms with Gasteiger partial charge in [0.1, 0.15) is 12.1 Å². The zero-order valence-corrected chi connectivity index (χ0v) is 14.5. The quantitative estimate of drug-likeness (QED) is 0.423. The molecule has 2 amide bonds. The van der Waals surface area contributed by atoms with Crippen molar-refractivity contribution in [3.63, 3.8) is 0 Å². The minimum absolute atomic E-state index is 0.240. The lowest BCUT2D eigenvalue weighted by atomic mass is 10.0. The molecule has 1 aliphatic heterocycles. The Balaban J connectivity index is 2.68. The van der Waals surface area contributed by atoms with Crippen LogP contribution in [0.2, 0.25) is 0 Å². The summed E-state index contributed by atoms with van der Waals surface area (Å²) in [6, 6.07) is -2.25. The van der Waals surface area contributed by atoms with E-state index >= 15 is 0 Å². The number of carbonyl (C=O) groups excluding carboxylic acids is 2. The van der Waals surface area contributed by atoms with Gasteiger partial charge in [0.2, 0.25) is 11.8 Å². The number of nitrogens with two attached hydrogens (primary N) is 2. The summed E-state index contributed by atoms with van der Waals surface area (Å²) in [4.78, 5) is 37.6. The second kappa shape index (κ2) is 9.58. The molecule has 1 fully saturated rings. The van der Waals surface area contributed by atoms with Crippen molar-refractivity contribution in [2.45, 2.75) is 64.1 Å². The number of rotatable bonds is 9. The molecule has 0 bridgehead atoms. The van der Waals surface area contributed by atoms with E-state index in [2.05, 4.69) is 5.32 Å². The number of likely N-dealkylation sites (tertiary alicyclic amines) is 1. The predicted octanol–water partition coefficient (Wildman–Crippen LogP) is -0.341. The summed E-state index contributed by atoms with van der Waals surface area (Å²) < 4.78 is 0. The molecule has 0 aliphatic carbocycles. The molecule has 0 radical (unpaired) electrons. The van der Waals surface area contributed by atoms with Crippen LogP contribution < -0.4 is 16.8 Å². The van der Waals surface area contributed by atoms with Gasteiger partial charge in [-0.15, -0.1) is 0 Å². The topological polar surface area (TPSA) is 139 Å². The molecule has 138 valence electrons. The third-order valence-electron chi connectivity index (χ3n) is 4.36. The molecular weight excluding hydrogens is 312 g/mol. The van der Waals surface area contributed by atoms with Crippen molar-refractivity contribution in [1.82, 2.24) is 10.2 Å². The van der Waals surface area contributed by atoms with Gasteiger partial charge in [0.05, 0.1) is 6.04 Å². The van der Waals surface area contributed by atoms with Crippen LogP contribution in [0.3, 0.4) is 0 Å².